The molecule has 2 rings (SSSR count). The quantitative estimate of drug-likeness (QED) is 0.777. The minimum absolute atomic E-state index is 0.410. The van der Waals surface area contributed by atoms with Crippen molar-refractivity contribution in [2.45, 2.75) is 25.1 Å². The van der Waals surface area contributed by atoms with Gasteiger partial charge in [0.15, 0.2) is 0 Å². The Kier molecular flexibility index (Phi) is 2.92. The normalized spacial score (nSPS) is 25.6. The summed E-state index contributed by atoms with van der Waals surface area (Å²) in [4.78, 5) is 4.28. The van der Waals surface area contributed by atoms with Gasteiger partial charge in [-0.3, -0.25) is 0 Å². The van der Waals surface area contributed by atoms with Crippen molar-refractivity contribution >= 4 is 17.4 Å². The predicted molar refractivity (Wildman–Crippen MR) is 59.8 cm³/mol. The second kappa shape index (κ2) is 4.18. The SMILES string of the molecule is Cc1ccc(NCC2CC(Cl)C2)nc1. The van der Waals surface area contributed by atoms with Gasteiger partial charge in [0.25, 0.3) is 0 Å². The smallest absolute Gasteiger partial charge is 0.125 e. The van der Waals surface area contributed by atoms with Crippen LogP contribution in [-0.4, -0.2) is 16.9 Å². The number of hydrogen-bond acceptors (Lipinski definition) is 2. The van der Waals surface area contributed by atoms with E-state index in [9.17, 15) is 0 Å². The van der Waals surface area contributed by atoms with Crippen LogP contribution in [0.1, 0.15) is 18.4 Å². The molecule has 14 heavy (non-hydrogen) atoms. The number of hydrogen-bond donors (Lipinski definition) is 1. The molecule has 0 atom stereocenters. The maximum atomic E-state index is 5.90. The van der Waals surface area contributed by atoms with Crippen molar-refractivity contribution in [1.82, 2.24) is 4.98 Å². The minimum atomic E-state index is 0.410. The molecule has 1 heterocycles. The van der Waals surface area contributed by atoms with Crippen LogP contribution in [-0.2, 0) is 0 Å². The van der Waals surface area contributed by atoms with Gasteiger partial charge in [-0.15, -0.1) is 11.6 Å². The van der Waals surface area contributed by atoms with Crippen LogP contribution < -0.4 is 5.32 Å². The molecule has 3 heteroatoms. The van der Waals surface area contributed by atoms with Gasteiger partial charge >= 0.3 is 0 Å². The van der Waals surface area contributed by atoms with E-state index in [1.54, 1.807) is 0 Å². The van der Waals surface area contributed by atoms with Crippen molar-refractivity contribution in [2.75, 3.05) is 11.9 Å². The van der Waals surface area contributed by atoms with E-state index in [0.29, 0.717) is 5.38 Å². The third-order valence-corrected chi connectivity index (χ3v) is 3.02. The zero-order valence-corrected chi connectivity index (χ0v) is 9.09. The fraction of sp³-hybridized carbons (Fsp3) is 0.545. The summed E-state index contributed by atoms with van der Waals surface area (Å²) in [5.41, 5.74) is 1.19. The summed E-state index contributed by atoms with van der Waals surface area (Å²) in [6.07, 6.45) is 4.16. The van der Waals surface area contributed by atoms with Crippen LogP contribution >= 0.6 is 11.6 Å². The number of anilines is 1. The molecular weight excluding hydrogens is 196 g/mol. The Morgan fingerprint density at radius 3 is 2.86 bits per heavy atom. The molecule has 1 aliphatic rings. The zero-order valence-electron chi connectivity index (χ0n) is 8.33. The maximum Gasteiger partial charge on any atom is 0.125 e. The number of alkyl halides is 1. The Balaban J connectivity index is 1.78. The van der Waals surface area contributed by atoms with Crippen molar-refractivity contribution < 1.29 is 0 Å². The molecule has 76 valence electrons. The van der Waals surface area contributed by atoms with Crippen LogP contribution in [0.3, 0.4) is 0 Å². The van der Waals surface area contributed by atoms with E-state index >= 15 is 0 Å². The number of nitrogens with zero attached hydrogens (tertiary/aromatic N) is 1. The summed E-state index contributed by atoms with van der Waals surface area (Å²) in [7, 11) is 0. The third kappa shape index (κ3) is 2.38. The first kappa shape index (κ1) is 9.78. The lowest BCUT2D eigenvalue weighted by atomic mass is 9.85. The molecule has 0 saturated heterocycles. The molecule has 2 nitrogen and oxygen atoms in total. The molecule has 1 saturated carbocycles. The van der Waals surface area contributed by atoms with E-state index in [-0.39, 0.29) is 0 Å². The van der Waals surface area contributed by atoms with E-state index in [1.165, 1.54) is 5.56 Å². The van der Waals surface area contributed by atoms with E-state index in [0.717, 1.165) is 31.1 Å². The maximum absolute atomic E-state index is 5.90. The standard InChI is InChI=1S/C11H15ClN2/c1-8-2-3-11(13-6-8)14-7-9-4-10(12)5-9/h2-3,6,9-10H,4-5,7H2,1H3,(H,13,14). The van der Waals surface area contributed by atoms with E-state index in [4.69, 9.17) is 11.6 Å². The topological polar surface area (TPSA) is 24.9 Å². The van der Waals surface area contributed by atoms with E-state index in [1.807, 2.05) is 19.2 Å². The van der Waals surface area contributed by atoms with Gasteiger partial charge in [-0.05, 0) is 37.3 Å². The van der Waals surface area contributed by atoms with Gasteiger partial charge in [-0.2, -0.15) is 0 Å². The molecule has 0 spiro atoms. The molecule has 1 aromatic heterocycles. The predicted octanol–water partition coefficient (Wildman–Crippen LogP) is 2.82. The fourth-order valence-electron chi connectivity index (χ4n) is 1.64. The minimum Gasteiger partial charge on any atom is -0.370 e. The average Bonchev–Trinajstić information content (AvgIpc) is 2.13. The number of nitrogens with one attached hydrogen (secondary N) is 1. The van der Waals surface area contributed by atoms with Gasteiger partial charge in [0, 0.05) is 18.1 Å². The van der Waals surface area contributed by atoms with Crippen LogP contribution in [0, 0.1) is 12.8 Å². The van der Waals surface area contributed by atoms with Crippen LogP contribution in [0.4, 0.5) is 5.82 Å². The number of aryl methyl sites for hydroxylation is 1. The summed E-state index contributed by atoms with van der Waals surface area (Å²) >= 11 is 5.90. The van der Waals surface area contributed by atoms with E-state index in [2.05, 4.69) is 16.4 Å². The lowest BCUT2D eigenvalue weighted by Gasteiger charge is -2.30. The molecule has 0 bridgehead atoms. The van der Waals surface area contributed by atoms with Crippen molar-refractivity contribution in [2.24, 2.45) is 5.92 Å². The number of aromatic nitrogens is 1. The van der Waals surface area contributed by atoms with Crippen molar-refractivity contribution in [3.63, 3.8) is 0 Å². The van der Waals surface area contributed by atoms with Crippen LogP contribution in [0.25, 0.3) is 0 Å². The highest BCUT2D eigenvalue weighted by atomic mass is 35.5. The monoisotopic (exact) mass is 210 g/mol. The molecule has 0 aliphatic heterocycles. The molecule has 1 N–H and O–H groups in total. The molecule has 0 amide bonds. The Labute approximate surface area is 89.7 Å². The second-order valence-electron chi connectivity index (χ2n) is 4.04. The van der Waals surface area contributed by atoms with Crippen LogP contribution in [0.2, 0.25) is 0 Å². The molecule has 0 aromatic carbocycles. The van der Waals surface area contributed by atoms with Crippen molar-refractivity contribution in [3.05, 3.63) is 23.9 Å². The van der Waals surface area contributed by atoms with Gasteiger partial charge in [0.05, 0.1) is 0 Å². The average molecular weight is 211 g/mol. The first-order valence-electron chi connectivity index (χ1n) is 5.04. The lowest BCUT2D eigenvalue weighted by Crippen LogP contribution is -2.30. The summed E-state index contributed by atoms with van der Waals surface area (Å²) < 4.78 is 0. The Morgan fingerprint density at radius 2 is 2.29 bits per heavy atom. The Hall–Kier alpha value is -0.760. The van der Waals surface area contributed by atoms with Gasteiger partial charge in [-0.25, -0.2) is 4.98 Å². The molecule has 1 aromatic rings. The van der Waals surface area contributed by atoms with Gasteiger partial charge in [-0.1, -0.05) is 6.07 Å². The zero-order chi connectivity index (χ0) is 9.97. The highest BCUT2D eigenvalue weighted by Gasteiger charge is 2.26. The molecule has 0 radical (unpaired) electrons. The summed E-state index contributed by atoms with van der Waals surface area (Å²) in [6, 6.07) is 4.09. The van der Waals surface area contributed by atoms with Gasteiger partial charge < -0.3 is 5.32 Å². The van der Waals surface area contributed by atoms with Gasteiger partial charge in [0.2, 0.25) is 0 Å². The summed E-state index contributed by atoms with van der Waals surface area (Å²) in [5, 5.41) is 3.73. The van der Waals surface area contributed by atoms with Crippen LogP contribution in [0.5, 0.6) is 0 Å². The molecule has 0 unspecified atom stereocenters. The number of pyridine rings is 1. The van der Waals surface area contributed by atoms with Crippen molar-refractivity contribution in [1.29, 1.82) is 0 Å². The highest BCUT2D eigenvalue weighted by molar-refractivity contribution is 6.21. The highest BCUT2D eigenvalue weighted by Crippen LogP contribution is 2.31. The van der Waals surface area contributed by atoms with E-state index < -0.39 is 0 Å². The fourth-order valence-corrected chi connectivity index (χ4v) is 2.15. The first-order chi connectivity index (χ1) is 6.74. The molecule has 1 fully saturated rings. The van der Waals surface area contributed by atoms with Gasteiger partial charge in [0.1, 0.15) is 5.82 Å². The summed E-state index contributed by atoms with van der Waals surface area (Å²) in [6.45, 7) is 3.04. The van der Waals surface area contributed by atoms with Crippen molar-refractivity contribution in [3.8, 4) is 0 Å². The Morgan fingerprint density at radius 1 is 1.50 bits per heavy atom. The Bertz CT molecular complexity index is 291. The molecular formula is C11H15ClN2. The van der Waals surface area contributed by atoms with Crippen LogP contribution in [0.15, 0.2) is 18.3 Å². The third-order valence-electron chi connectivity index (χ3n) is 2.66. The largest absolute Gasteiger partial charge is 0.370 e. The number of rotatable bonds is 3. The summed E-state index contributed by atoms with van der Waals surface area (Å²) in [5.74, 6) is 1.70. The molecule has 1 aliphatic carbocycles. The first-order valence-corrected chi connectivity index (χ1v) is 5.48. The number of halogens is 1. The second-order valence-corrected chi connectivity index (χ2v) is 4.65. The lowest BCUT2D eigenvalue weighted by molar-refractivity contribution is 0.341.